The highest BCUT2D eigenvalue weighted by Gasteiger charge is 2.54. The van der Waals surface area contributed by atoms with Crippen LogP contribution in [-0.4, -0.2) is 40.8 Å². The van der Waals surface area contributed by atoms with Crippen molar-refractivity contribution in [1.29, 1.82) is 0 Å². The van der Waals surface area contributed by atoms with Crippen molar-refractivity contribution in [2.45, 2.75) is 44.3 Å². The monoisotopic (exact) mass is 441 g/mol. The van der Waals surface area contributed by atoms with Gasteiger partial charge in [0.2, 0.25) is 5.91 Å². The average Bonchev–Trinajstić information content (AvgIpc) is 3.28. The number of alkyl halides is 1. The van der Waals surface area contributed by atoms with Crippen LogP contribution in [0.15, 0.2) is 35.4 Å². The topological polar surface area (TPSA) is 125 Å². The van der Waals surface area contributed by atoms with Gasteiger partial charge in [0.25, 0.3) is 0 Å². The molecule has 32 heavy (non-hydrogen) atoms. The van der Waals surface area contributed by atoms with Gasteiger partial charge >= 0.3 is 5.69 Å². The lowest BCUT2D eigenvalue weighted by Gasteiger charge is -2.39. The molecule has 0 saturated heterocycles. The maximum atomic E-state index is 13.7. The molecule has 0 radical (unpaired) electrons. The molecule has 5 rings (SSSR count). The third kappa shape index (κ3) is 2.80. The second kappa shape index (κ2) is 6.87. The van der Waals surface area contributed by atoms with Gasteiger partial charge in [-0.3, -0.25) is 13.9 Å². The van der Waals surface area contributed by atoms with Crippen LogP contribution in [0.25, 0.3) is 16.6 Å². The Morgan fingerprint density at radius 3 is 2.72 bits per heavy atom. The van der Waals surface area contributed by atoms with Crippen molar-refractivity contribution in [2.24, 2.45) is 12.7 Å². The van der Waals surface area contributed by atoms with Crippen molar-refractivity contribution in [3.8, 4) is 0 Å². The summed E-state index contributed by atoms with van der Waals surface area (Å²) in [7, 11) is 0. The van der Waals surface area contributed by atoms with Crippen molar-refractivity contribution >= 4 is 34.1 Å². The molecule has 4 heterocycles. The number of nitrogens with zero attached hydrogens (tertiary/aromatic N) is 6. The van der Waals surface area contributed by atoms with E-state index < -0.39 is 30.2 Å². The van der Waals surface area contributed by atoms with Crippen molar-refractivity contribution in [3.05, 3.63) is 46.9 Å². The summed E-state index contributed by atoms with van der Waals surface area (Å²) in [5.41, 5.74) is 4.90. The van der Waals surface area contributed by atoms with Crippen LogP contribution in [-0.2, 0) is 17.2 Å². The van der Waals surface area contributed by atoms with Gasteiger partial charge in [-0.1, -0.05) is 0 Å². The quantitative estimate of drug-likeness (QED) is 0.488. The molecule has 1 saturated carbocycles. The summed E-state index contributed by atoms with van der Waals surface area (Å²) in [5, 5.41) is 7.53. The molecule has 1 amide bonds. The summed E-state index contributed by atoms with van der Waals surface area (Å²) in [6.45, 7) is 0.906. The van der Waals surface area contributed by atoms with Crippen molar-refractivity contribution in [1.82, 2.24) is 28.7 Å². The molecule has 0 bridgehead atoms. The molecule has 1 aliphatic carbocycles. The number of hydrogen-bond acceptors (Lipinski definition) is 6. The number of hydrogen-bond donors (Lipinski definition) is 2. The third-order valence-corrected chi connectivity index (χ3v) is 5.96. The number of anilines is 2. The molecule has 1 fully saturated rings. The minimum absolute atomic E-state index is 0.0494. The third-order valence-electron chi connectivity index (χ3n) is 5.96. The molecule has 1 aliphatic rings. The highest BCUT2D eigenvalue weighted by molar-refractivity contribution is 5.87. The van der Waals surface area contributed by atoms with Crippen molar-refractivity contribution in [3.63, 3.8) is 0 Å². The van der Waals surface area contributed by atoms with Crippen molar-refractivity contribution in [2.75, 3.05) is 5.32 Å². The van der Waals surface area contributed by atoms with Crippen LogP contribution in [0.3, 0.4) is 0 Å². The van der Waals surface area contributed by atoms with E-state index in [-0.39, 0.29) is 30.2 Å². The number of carbonyl (C=O) groups excluding carboxylic acids is 1. The highest BCUT2D eigenvalue weighted by atomic mass is 19.1. The number of pyridine rings is 1. The number of halogens is 1. The van der Waals surface area contributed by atoms with Crippen LogP contribution in [0.2, 0.25) is 0 Å². The lowest BCUT2D eigenvalue weighted by atomic mass is 9.66. The van der Waals surface area contributed by atoms with Gasteiger partial charge in [0.15, 0.2) is 5.82 Å². The summed E-state index contributed by atoms with van der Waals surface area (Å²) < 4.78 is 40.5. The van der Waals surface area contributed by atoms with Crippen LogP contribution in [0.1, 0.15) is 42.7 Å². The molecular formula is C21H23FN8O2. The van der Waals surface area contributed by atoms with E-state index in [0.717, 1.165) is 4.57 Å². The number of nitrogens with two attached hydrogens (primary N) is 1. The van der Waals surface area contributed by atoms with Gasteiger partial charge in [0.1, 0.15) is 23.2 Å². The number of fused-ring (bicyclic) bond motifs is 2. The van der Waals surface area contributed by atoms with Gasteiger partial charge in [-0.25, -0.2) is 23.7 Å². The summed E-state index contributed by atoms with van der Waals surface area (Å²) in [5.74, 6) is 0.272. The minimum Gasteiger partial charge on any atom is -0.369 e. The zero-order valence-electron chi connectivity index (χ0n) is 20.4. The highest BCUT2D eigenvalue weighted by Crippen LogP contribution is 2.44. The lowest BCUT2D eigenvalue weighted by Crippen LogP contribution is -2.53. The summed E-state index contributed by atoms with van der Waals surface area (Å²) in [6, 6.07) is 4.67. The van der Waals surface area contributed by atoms with Gasteiger partial charge in [-0.15, -0.1) is 5.10 Å². The smallest absolute Gasteiger partial charge is 0.329 e. The number of nitrogens with one attached hydrogen (secondary N) is 1. The number of rotatable bonds is 5. The Morgan fingerprint density at radius 1 is 1.28 bits per heavy atom. The van der Waals surface area contributed by atoms with Crippen LogP contribution in [0.5, 0.6) is 0 Å². The fraction of sp³-hybridized carbons (Fsp3) is 0.381. The maximum Gasteiger partial charge on any atom is 0.329 e. The Labute approximate surface area is 186 Å². The van der Waals surface area contributed by atoms with E-state index in [1.165, 1.54) is 21.5 Å². The number of carbonyl (C=O) groups is 1. The fourth-order valence-corrected chi connectivity index (χ4v) is 4.28. The first-order valence-electron chi connectivity index (χ1n) is 11.6. The lowest BCUT2D eigenvalue weighted by molar-refractivity contribution is -0.129. The van der Waals surface area contributed by atoms with Crippen LogP contribution in [0, 0.1) is 0 Å². The molecule has 11 heteroatoms. The minimum atomic E-state index is -2.66. The molecule has 0 unspecified atom stereocenters. The molecule has 166 valence electrons. The molecule has 4 aromatic rings. The van der Waals surface area contributed by atoms with Gasteiger partial charge in [0, 0.05) is 36.0 Å². The Hall–Kier alpha value is -3.76. The Balaban J connectivity index is 1.57. The molecule has 0 aromatic carbocycles. The van der Waals surface area contributed by atoms with E-state index in [2.05, 4.69) is 20.4 Å². The van der Waals surface area contributed by atoms with E-state index in [4.69, 9.17) is 9.85 Å². The number of amides is 1. The first-order chi connectivity index (χ1) is 16.4. The Morgan fingerprint density at radius 2 is 2.06 bits per heavy atom. The van der Waals surface area contributed by atoms with E-state index >= 15 is 0 Å². The Kier molecular flexibility index (Phi) is 3.62. The zero-order chi connectivity index (χ0) is 25.3. The molecule has 4 aromatic heterocycles. The van der Waals surface area contributed by atoms with Gasteiger partial charge in [-0.05, 0) is 26.0 Å². The zero-order valence-corrected chi connectivity index (χ0v) is 17.4. The first kappa shape index (κ1) is 16.9. The molecule has 0 aliphatic heterocycles. The normalized spacial score (nSPS) is 22.5. The van der Waals surface area contributed by atoms with Gasteiger partial charge in [0.05, 0.1) is 28.9 Å². The maximum absolute atomic E-state index is 13.7. The number of aryl methyl sites for hydroxylation is 1. The predicted molar refractivity (Wildman–Crippen MR) is 117 cm³/mol. The van der Waals surface area contributed by atoms with E-state index in [1.54, 1.807) is 32.0 Å². The number of imidazole rings is 2. The molecule has 0 spiro atoms. The predicted octanol–water partition coefficient (Wildman–Crippen LogP) is 1.96. The average molecular weight is 441 g/mol. The number of aromatic nitrogens is 6. The van der Waals surface area contributed by atoms with Crippen LogP contribution in [0.4, 0.5) is 16.0 Å². The van der Waals surface area contributed by atoms with Gasteiger partial charge in [-0.2, -0.15) is 0 Å². The van der Waals surface area contributed by atoms with Crippen molar-refractivity contribution < 1.29 is 13.3 Å². The second-order valence-electron chi connectivity index (χ2n) is 8.35. The fourth-order valence-electron chi connectivity index (χ4n) is 4.28. The summed E-state index contributed by atoms with van der Waals surface area (Å²) >= 11 is 0. The number of primary amides is 1. The van der Waals surface area contributed by atoms with E-state index in [0.29, 0.717) is 22.7 Å². The summed E-state index contributed by atoms with van der Waals surface area (Å²) in [6.07, 6.45) is 1.63. The SMILES string of the molecule is [2H]C([2H])([2H])n1c(=O)n(C(C)C)c2cc(Nc3ccc4cnc(C5(C(N)=O)CC(F)C5)n4n3)ncc21. The van der Waals surface area contributed by atoms with E-state index in [1.807, 2.05) is 0 Å². The van der Waals surface area contributed by atoms with Crippen LogP contribution < -0.4 is 16.7 Å². The summed E-state index contributed by atoms with van der Waals surface area (Å²) in [4.78, 5) is 33.6. The van der Waals surface area contributed by atoms with Gasteiger partial charge < -0.3 is 11.1 Å². The first-order valence-corrected chi connectivity index (χ1v) is 10.1. The standard InChI is InChI=1S/C21H23FN8O2/c1-11(2)29-14-6-17(24-10-15(14)28(3)20(29)32)26-16-5-4-13-9-25-19(30(13)27-16)21(18(23)31)7-12(22)8-21/h4-6,9-12H,7-8H2,1-3H3,(H2,23,31)(H,24,26,27)/i3D3. The van der Waals surface area contributed by atoms with Crippen LogP contribution >= 0.6 is 0 Å². The molecule has 3 N–H and O–H groups in total. The van der Waals surface area contributed by atoms with E-state index in [9.17, 15) is 14.0 Å². The second-order valence-corrected chi connectivity index (χ2v) is 8.35. The Bertz CT molecular complexity index is 1530. The molecular weight excluding hydrogens is 415 g/mol. The molecule has 0 atom stereocenters. The largest absolute Gasteiger partial charge is 0.369 e. The molecule has 10 nitrogen and oxygen atoms in total.